The van der Waals surface area contributed by atoms with E-state index in [4.69, 9.17) is 25.8 Å². The zero-order chi connectivity index (χ0) is 17.5. The van der Waals surface area contributed by atoms with E-state index in [-0.39, 0.29) is 12.2 Å². The maximum atomic E-state index is 5.88. The molecule has 1 fully saturated rings. The van der Waals surface area contributed by atoms with Crippen LogP contribution in [-0.4, -0.2) is 32.0 Å². The van der Waals surface area contributed by atoms with E-state index >= 15 is 0 Å². The molecular formula is C20H24ClNO3. The van der Waals surface area contributed by atoms with E-state index in [0.717, 1.165) is 36.6 Å². The summed E-state index contributed by atoms with van der Waals surface area (Å²) in [7, 11) is 0. The van der Waals surface area contributed by atoms with Crippen molar-refractivity contribution in [3.05, 3.63) is 53.6 Å². The second kappa shape index (κ2) is 8.97. The van der Waals surface area contributed by atoms with Crippen LogP contribution in [0.25, 0.3) is 0 Å². The fourth-order valence-electron chi connectivity index (χ4n) is 2.68. The monoisotopic (exact) mass is 361 g/mol. The normalized spacial score (nSPS) is 17.9. The zero-order valence-corrected chi connectivity index (χ0v) is 15.2. The van der Waals surface area contributed by atoms with E-state index < -0.39 is 0 Å². The summed E-state index contributed by atoms with van der Waals surface area (Å²) in [6.07, 6.45) is 2.50. The molecule has 0 amide bonds. The summed E-state index contributed by atoms with van der Waals surface area (Å²) < 4.78 is 17.2. The zero-order valence-electron chi connectivity index (χ0n) is 14.4. The molecule has 134 valence electrons. The van der Waals surface area contributed by atoms with E-state index in [1.54, 1.807) is 0 Å². The lowest BCUT2D eigenvalue weighted by atomic mass is 10.2. The van der Waals surface area contributed by atoms with Crippen LogP contribution in [0, 0.1) is 0 Å². The molecule has 0 radical (unpaired) electrons. The molecule has 0 bridgehead atoms. The third-order valence-corrected chi connectivity index (χ3v) is 4.31. The Hall–Kier alpha value is -1.91. The third kappa shape index (κ3) is 5.83. The average molecular weight is 362 g/mol. The Balaban J connectivity index is 1.40. The fraction of sp³-hybridized carbons (Fsp3) is 0.400. The maximum Gasteiger partial charge on any atom is 0.119 e. The summed E-state index contributed by atoms with van der Waals surface area (Å²) in [5.41, 5.74) is 1.04. The molecule has 25 heavy (non-hydrogen) atoms. The van der Waals surface area contributed by atoms with Gasteiger partial charge >= 0.3 is 0 Å². The molecular weight excluding hydrogens is 338 g/mol. The topological polar surface area (TPSA) is 39.7 Å². The third-order valence-electron chi connectivity index (χ3n) is 4.06. The van der Waals surface area contributed by atoms with Gasteiger partial charge in [-0.05, 0) is 68.3 Å². The Morgan fingerprint density at radius 3 is 2.52 bits per heavy atom. The molecule has 1 saturated heterocycles. The first-order valence-corrected chi connectivity index (χ1v) is 9.07. The van der Waals surface area contributed by atoms with Gasteiger partial charge in [-0.2, -0.15) is 0 Å². The van der Waals surface area contributed by atoms with E-state index in [2.05, 4.69) is 5.32 Å². The molecule has 2 unspecified atom stereocenters. The van der Waals surface area contributed by atoms with Crippen LogP contribution < -0.4 is 14.8 Å². The van der Waals surface area contributed by atoms with E-state index in [1.165, 1.54) is 0 Å². The van der Waals surface area contributed by atoms with Crippen LogP contribution in [0.4, 0.5) is 5.69 Å². The highest BCUT2D eigenvalue weighted by molar-refractivity contribution is 6.30. The van der Waals surface area contributed by atoms with Gasteiger partial charge in [-0.15, -0.1) is 0 Å². The lowest BCUT2D eigenvalue weighted by Crippen LogP contribution is -2.22. The predicted molar refractivity (Wildman–Crippen MR) is 101 cm³/mol. The van der Waals surface area contributed by atoms with E-state index in [9.17, 15) is 0 Å². The van der Waals surface area contributed by atoms with Crippen molar-refractivity contribution in [1.82, 2.24) is 0 Å². The molecule has 0 aliphatic carbocycles. The van der Waals surface area contributed by atoms with Gasteiger partial charge in [0.1, 0.15) is 24.2 Å². The number of hydrogen-bond donors (Lipinski definition) is 1. The molecule has 2 aromatic rings. The van der Waals surface area contributed by atoms with Gasteiger partial charge in [-0.25, -0.2) is 0 Å². The largest absolute Gasteiger partial charge is 0.491 e. The smallest absolute Gasteiger partial charge is 0.119 e. The quantitative estimate of drug-likeness (QED) is 0.734. The van der Waals surface area contributed by atoms with Gasteiger partial charge in [-0.1, -0.05) is 11.6 Å². The molecule has 1 N–H and O–H groups in total. The van der Waals surface area contributed by atoms with Gasteiger partial charge in [0.15, 0.2) is 0 Å². The van der Waals surface area contributed by atoms with Crippen LogP contribution in [0.15, 0.2) is 48.5 Å². The second-order valence-corrected chi connectivity index (χ2v) is 6.67. The van der Waals surface area contributed by atoms with Gasteiger partial charge in [0.25, 0.3) is 0 Å². The van der Waals surface area contributed by atoms with Crippen LogP contribution in [0.1, 0.15) is 19.8 Å². The van der Waals surface area contributed by atoms with Crippen molar-refractivity contribution in [2.45, 2.75) is 32.0 Å². The fourth-order valence-corrected chi connectivity index (χ4v) is 2.81. The first kappa shape index (κ1) is 17.9. The van der Waals surface area contributed by atoms with Gasteiger partial charge < -0.3 is 19.5 Å². The van der Waals surface area contributed by atoms with Crippen LogP contribution in [0.2, 0.25) is 5.02 Å². The Labute approximate surface area is 154 Å². The summed E-state index contributed by atoms with van der Waals surface area (Å²) in [5.74, 6) is 1.68. The van der Waals surface area contributed by atoms with Crippen molar-refractivity contribution in [3.8, 4) is 11.5 Å². The maximum absolute atomic E-state index is 5.88. The minimum atomic E-state index is 0.0385. The molecule has 5 heteroatoms. The Morgan fingerprint density at radius 2 is 1.84 bits per heavy atom. The van der Waals surface area contributed by atoms with Gasteiger partial charge in [-0.3, -0.25) is 0 Å². The van der Waals surface area contributed by atoms with Gasteiger partial charge in [0.2, 0.25) is 0 Å². The minimum absolute atomic E-state index is 0.0385. The molecule has 2 aromatic carbocycles. The Kier molecular flexibility index (Phi) is 6.42. The second-order valence-electron chi connectivity index (χ2n) is 6.23. The van der Waals surface area contributed by atoms with Crippen molar-refractivity contribution in [1.29, 1.82) is 0 Å². The first-order chi connectivity index (χ1) is 12.2. The number of anilines is 1. The van der Waals surface area contributed by atoms with Gasteiger partial charge in [0.05, 0.1) is 12.6 Å². The van der Waals surface area contributed by atoms with Crippen molar-refractivity contribution < 1.29 is 14.2 Å². The average Bonchev–Trinajstić information content (AvgIpc) is 3.15. The Morgan fingerprint density at radius 1 is 1.12 bits per heavy atom. The van der Waals surface area contributed by atoms with Crippen molar-refractivity contribution >= 4 is 17.3 Å². The molecule has 0 aromatic heterocycles. The highest BCUT2D eigenvalue weighted by Crippen LogP contribution is 2.19. The van der Waals surface area contributed by atoms with E-state index in [1.807, 2.05) is 55.5 Å². The van der Waals surface area contributed by atoms with Crippen LogP contribution in [0.3, 0.4) is 0 Å². The van der Waals surface area contributed by atoms with Crippen molar-refractivity contribution in [3.63, 3.8) is 0 Å². The highest BCUT2D eigenvalue weighted by atomic mass is 35.5. The standard InChI is InChI=1S/C20H24ClNO3/c1-15(25-19-8-4-16(21)5-9-19)13-22-17-6-10-18(11-7-17)24-14-20-3-2-12-23-20/h4-11,15,20,22H,2-3,12-14H2,1H3. The molecule has 0 saturated carbocycles. The number of nitrogens with one attached hydrogen (secondary N) is 1. The van der Waals surface area contributed by atoms with Crippen LogP contribution >= 0.6 is 11.6 Å². The number of hydrogen-bond acceptors (Lipinski definition) is 4. The number of benzene rings is 2. The summed E-state index contributed by atoms with van der Waals surface area (Å²) >= 11 is 5.88. The first-order valence-electron chi connectivity index (χ1n) is 8.69. The number of ether oxygens (including phenoxy) is 3. The van der Waals surface area contributed by atoms with Crippen molar-refractivity contribution in [2.24, 2.45) is 0 Å². The molecule has 1 aliphatic heterocycles. The molecule has 1 aliphatic rings. The van der Waals surface area contributed by atoms with Gasteiger partial charge in [0, 0.05) is 17.3 Å². The van der Waals surface area contributed by atoms with E-state index in [0.29, 0.717) is 18.2 Å². The summed E-state index contributed by atoms with van der Waals surface area (Å²) in [4.78, 5) is 0. The molecule has 2 atom stereocenters. The molecule has 0 spiro atoms. The van der Waals surface area contributed by atoms with Crippen molar-refractivity contribution in [2.75, 3.05) is 25.1 Å². The van der Waals surface area contributed by atoms with Crippen LogP contribution in [-0.2, 0) is 4.74 Å². The molecule has 4 nitrogen and oxygen atoms in total. The predicted octanol–water partition coefficient (Wildman–Crippen LogP) is 4.78. The summed E-state index contributed by atoms with van der Waals surface area (Å²) in [5, 5.41) is 4.08. The highest BCUT2D eigenvalue weighted by Gasteiger charge is 2.15. The lowest BCUT2D eigenvalue weighted by molar-refractivity contribution is 0.0679. The SMILES string of the molecule is CC(CNc1ccc(OCC2CCCO2)cc1)Oc1ccc(Cl)cc1. The summed E-state index contributed by atoms with van der Waals surface area (Å²) in [6, 6.07) is 15.4. The molecule has 3 rings (SSSR count). The summed E-state index contributed by atoms with van der Waals surface area (Å²) in [6.45, 7) is 4.21. The Bertz CT molecular complexity index is 639. The van der Waals surface area contributed by atoms with Crippen LogP contribution in [0.5, 0.6) is 11.5 Å². The lowest BCUT2D eigenvalue weighted by Gasteiger charge is -2.16. The molecule has 1 heterocycles. The number of rotatable bonds is 8. The minimum Gasteiger partial charge on any atom is -0.491 e. The number of halogens is 1.